The summed E-state index contributed by atoms with van der Waals surface area (Å²) in [6.45, 7) is 1.98. The maximum absolute atomic E-state index is 5.74. The molecule has 0 N–H and O–H groups in total. The molecule has 0 unspecified atom stereocenters. The lowest BCUT2D eigenvalue weighted by molar-refractivity contribution is 0.622. The van der Waals surface area contributed by atoms with Crippen LogP contribution >= 0.6 is 23.2 Å². The molecule has 2 heterocycles. The number of rotatable bonds is 1. The number of nitrogens with zero attached hydrogens (tertiary/aromatic N) is 3. The normalized spacial score (nSPS) is 11.1. The monoisotopic (exact) mass is 279 g/mol. The lowest BCUT2D eigenvalue weighted by Gasteiger charge is -1.96. The first-order valence-electron chi connectivity index (χ1n) is 5.20. The molecule has 0 aliphatic rings. The molecule has 90 valence electrons. The van der Waals surface area contributed by atoms with Crippen LogP contribution in [-0.4, -0.2) is 15.0 Å². The van der Waals surface area contributed by atoms with Crippen LogP contribution in [0.25, 0.3) is 22.6 Å². The van der Waals surface area contributed by atoms with Crippen LogP contribution in [0, 0.1) is 6.92 Å². The second-order valence-electron chi connectivity index (χ2n) is 3.80. The zero-order valence-corrected chi connectivity index (χ0v) is 10.8. The Labute approximate surface area is 113 Å². The van der Waals surface area contributed by atoms with Crippen LogP contribution in [-0.2, 0) is 0 Å². The molecule has 2 aromatic heterocycles. The van der Waals surface area contributed by atoms with Crippen LogP contribution in [0.4, 0.5) is 0 Å². The molecular formula is C12H7Cl2N3O. The minimum atomic E-state index is 0.0437. The van der Waals surface area contributed by atoms with Crippen LogP contribution in [0.2, 0.25) is 10.6 Å². The molecule has 3 rings (SSSR count). The van der Waals surface area contributed by atoms with E-state index in [1.807, 2.05) is 31.2 Å². The number of benzene rings is 1. The summed E-state index contributed by atoms with van der Waals surface area (Å²) in [5.41, 5.74) is 1.85. The number of para-hydroxylation sites is 1. The van der Waals surface area contributed by atoms with E-state index in [0.717, 1.165) is 16.5 Å². The van der Waals surface area contributed by atoms with Crippen molar-refractivity contribution in [3.63, 3.8) is 0 Å². The van der Waals surface area contributed by atoms with E-state index >= 15 is 0 Å². The number of hydrogen-bond acceptors (Lipinski definition) is 4. The Balaban J connectivity index is 2.22. The predicted molar refractivity (Wildman–Crippen MR) is 69.8 cm³/mol. The number of halogens is 2. The Hall–Kier alpha value is -1.65. The molecule has 0 radical (unpaired) electrons. The molecule has 0 fully saturated rings. The van der Waals surface area contributed by atoms with Crippen molar-refractivity contribution in [2.45, 2.75) is 6.92 Å². The smallest absolute Gasteiger partial charge is 0.227 e. The second-order valence-corrected chi connectivity index (χ2v) is 4.48. The largest absolute Gasteiger partial charge is 0.452 e. The summed E-state index contributed by atoms with van der Waals surface area (Å²) in [6, 6.07) is 7.75. The van der Waals surface area contributed by atoms with Gasteiger partial charge in [0.15, 0.2) is 5.76 Å². The Morgan fingerprint density at radius 3 is 2.44 bits per heavy atom. The molecule has 0 saturated heterocycles. The van der Waals surface area contributed by atoms with Gasteiger partial charge in [-0.1, -0.05) is 18.2 Å². The zero-order valence-electron chi connectivity index (χ0n) is 9.32. The van der Waals surface area contributed by atoms with E-state index in [2.05, 4.69) is 15.0 Å². The molecular weight excluding hydrogens is 273 g/mol. The molecule has 0 aliphatic heterocycles. The van der Waals surface area contributed by atoms with Gasteiger partial charge in [0, 0.05) is 5.39 Å². The predicted octanol–water partition coefficient (Wildman–Crippen LogP) is 3.90. The lowest BCUT2D eigenvalue weighted by atomic mass is 10.2. The summed E-state index contributed by atoms with van der Waals surface area (Å²) < 4.78 is 5.72. The summed E-state index contributed by atoms with van der Waals surface area (Å²) in [6.07, 6.45) is 0. The van der Waals surface area contributed by atoms with Crippen molar-refractivity contribution < 1.29 is 4.42 Å². The SMILES string of the molecule is Cc1cccc2cc(-c3nc(Cl)nc(Cl)n3)oc12. The first-order chi connectivity index (χ1) is 8.63. The Morgan fingerprint density at radius 2 is 1.78 bits per heavy atom. The van der Waals surface area contributed by atoms with Gasteiger partial charge >= 0.3 is 0 Å². The summed E-state index contributed by atoms with van der Waals surface area (Å²) in [5, 5.41) is 1.07. The molecule has 0 aliphatic carbocycles. The highest BCUT2D eigenvalue weighted by Crippen LogP contribution is 2.28. The quantitative estimate of drug-likeness (QED) is 0.678. The fraction of sp³-hybridized carbons (Fsp3) is 0.0833. The number of aryl methyl sites for hydroxylation is 1. The van der Waals surface area contributed by atoms with E-state index in [4.69, 9.17) is 27.6 Å². The first-order valence-corrected chi connectivity index (χ1v) is 5.96. The van der Waals surface area contributed by atoms with Gasteiger partial charge in [0.1, 0.15) is 5.58 Å². The third-order valence-corrected chi connectivity index (χ3v) is 2.88. The Bertz CT molecular complexity index is 719. The average molecular weight is 280 g/mol. The number of furan rings is 1. The fourth-order valence-electron chi connectivity index (χ4n) is 1.76. The van der Waals surface area contributed by atoms with Crippen LogP contribution in [0.5, 0.6) is 0 Å². The van der Waals surface area contributed by atoms with Gasteiger partial charge in [-0.3, -0.25) is 0 Å². The number of aromatic nitrogens is 3. The van der Waals surface area contributed by atoms with Crippen molar-refractivity contribution >= 4 is 34.2 Å². The fourth-order valence-corrected chi connectivity index (χ4v) is 2.12. The third kappa shape index (κ3) is 1.94. The standard InChI is InChI=1S/C12H7Cl2N3O/c1-6-3-2-4-7-5-8(18-9(6)7)10-15-11(13)17-12(14)16-10/h2-5H,1H3. The van der Waals surface area contributed by atoms with Crippen LogP contribution in [0.3, 0.4) is 0 Å². The van der Waals surface area contributed by atoms with Crippen molar-refractivity contribution in [3.8, 4) is 11.6 Å². The maximum Gasteiger partial charge on any atom is 0.227 e. The van der Waals surface area contributed by atoms with Gasteiger partial charge in [0.05, 0.1) is 0 Å². The highest BCUT2D eigenvalue weighted by Gasteiger charge is 2.12. The van der Waals surface area contributed by atoms with Crippen LogP contribution < -0.4 is 0 Å². The zero-order chi connectivity index (χ0) is 12.7. The van der Waals surface area contributed by atoms with E-state index in [0.29, 0.717) is 11.6 Å². The molecule has 4 nitrogen and oxygen atoms in total. The second kappa shape index (κ2) is 4.23. The van der Waals surface area contributed by atoms with E-state index in [1.54, 1.807) is 0 Å². The van der Waals surface area contributed by atoms with E-state index in [1.165, 1.54) is 0 Å². The average Bonchev–Trinajstić information content (AvgIpc) is 2.73. The number of fused-ring (bicyclic) bond motifs is 1. The van der Waals surface area contributed by atoms with Crippen LogP contribution in [0.15, 0.2) is 28.7 Å². The molecule has 0 spiro atoms. The topological polar surface area (TPSA) is 51.8 Å². The minimum Gasteiger partial charge on any atom is -0.452 e. The van der Waals surface area contributed by atoms with Crippen molar-refractivity contribution in [3.05, 3.63) is 40.4 Å². The summed E-state index contributed by atoms with van der Waals surface area (Å²) in [7, 11) is 0. The van der Waals surface area contributed by atoms with Gasteiger partial charge in [0.25, 0.3) is 0 Å². The van der Waals surface area contributed by atoms with Gasteiger partial charge in [-0.2, -0.15) is 15.0 Å². The van der Waals surface area contributed by atoms with Gasteiger partial charge in [-0.25, -0.2) is 0 Å². The minimum absolute atomic E-state index is 0.0437. The molecule has 0 saturated carbocycles. The molecule has 0 atom stereocenters. The molecule has 6 heteroatoms. The third-order valence-electron chi connectivity index (χ3n) is 2.54. The maximum atomic E-state index is 5.74. The molecule has 0 bridgehead atoms. The van der Waals surface area contributed by atoms with Gasteiger partial charge in [-0.15, -0.1) is 0 Å². The Kier molecular flexibility index (Phi) is 2.69. The Morgan fingerprint density at radius 1 is 1.06 bits per heavy atom. The van der Waals surface area contributed by atoms with Crippen LogP contribution in [0.1, 0.15) is 5.56 Å². The molecule has 18 heavy (non-hydrogen) atoms. The highest BCUT2D eigenvalue weighted by molar-refractivity contribution is 6.31. The highest BCUT2D eigenvalue weighted by atomic mass is 35.5. The van der Waals surface area contributed by atoms with Gasteiger partial charge in [-0.05, 0) is 41.8 Å². The van der Waals surface area contributed by atoms with E-state index < -0.39 is 0 Å². The molecule has 1 aromatic carbocycles. The molecule has 0 amide bonds. The first kappa shape index (κ1) is 11.4. The van der Waals surface area contributed by atoms with E-state index in [-0.39, 0.29) is 10.6 Å². The molecule has 3 aromatic rings. The summed E-state index contributed by atoms with van der Waals surface area (Å²) in [5.74, 6) is 0.848. The number of hydrogen-bond donors (Lipinski definition) is 0. The van der Waals surface area contributed by atoms with Crippen molar-refractivity contribution in [2.75, 3.05) is 0 Å². The summed E-state index contributed by atoms with van der Waals surface area (Å²) in [4.78, 5) is 11.7. The van der Waals surface area contributed by atoms with Crippen molar-refractivity contribution in [1.82, 2.24) is 15.0 Å². The van der Waals surface area contributed by atoms with Crippen molar-refractivity contribution in [1.29, 1.82) is 0 Å². The van der Waals surface area contributed by atoms with Gasteiger partial charge < -0.3 is 4.42 Å². The van der Waals surface area contributed by atoms with Crippen molar-refractivity contribution in [2.24, 2.45) is 0 Å². The summed E-state index contributed by atoms with van der Waals surface area (Å²) >= 11 is 11.5. The van der Waals surface area contributed by atoms with E-state index in [9.17, 15) is 0 Å². The van der Waals surface area contributed by atoms with Gasteiger partial charge in [0.2, 0.25) is 16.4 Å². The lowest BCUT2D eigenvalue weighted by Crippen LogP contribution is -1.92.